The lowest BCUT2D eigenvalue weighted by atomic mass is 10.5. The first kappa shape index (κ1) is 12.7. The quantitative estimate of drug-likeness (QED) is 0.746. The zero-order valence-electron chi connectivity index (χ0n) is 10.2. The monoisotopic (exact) mass is 224 g/mol. The highest BCUT2D eigenvalue weighted by atomic mass is 16.5. The van der Waals surface area contributed by atoms with Crippen LogP contribution in [0.1, 0.15) is 13.3 Å². The Morgan fingerprint density at radius 3 is 2.94 bits per heavy atom. The largest absolute Gasteiger partial charge is 0.477 e. The fraction of sp³-hybridized carbons (Fsp3) is 0.636. The number of anilines is 1. The predicted octanol–water partition coefficient (Wildman–Crippen LogP) is 0.921. The Labute approximate surface area is 96.8 Å². The standard InChI is InChI=1S/C11H20N4O/c1-4-7-16-11-9-13-8-10(14-11)15(3)6-5-12-2/h8-9,12H,4-7H2,1-3H3. The fourth-order valence-corrected chi connectivity index (χ4v) is 1.19. The molecular formula is C11H20N4O. The SMILES string of the molecule is CCCOc1cncc(N(C)CCNC)n1. The maximum atomic E-state index is 5.43. The summed E-state index contributed by atoms with van der Waals surface area (Å²) in [6.07, 6.45) is 4.36. The van der Waals surface area contributed by atoms with Crippen molar-refractivity contribution in [3.8, 4) is 5.88 Å². The first-order chi connectivity index (χ1) is 7.77. The molecule has 0 fully saturated rings. The molecule has 90 valence electrons. The molecule has 5 nitrogen and oxygen atoms in total. The van der Waals surface area contributed by atoms with Gasteiger partial charge in [-0.2, -0.15) is 4.98 Å². The number of ether oxygens (including phenoxy) is 1. The molecule has 0 spiro atoms. The molecule has 0 saturated heterocycles. The maximum Gasteiger partial charge on any atom is 0.234 e. The number of hydrogen-bond acceptors (Lipinski definition) is 5. The van der Waals surface area contributed by atoms with Crippen molar-refractivity contribution in [3.05, 3.63) is 12.4 Å². The van der Waals surface area contributed by atoms with Crippen LogP contribution in [0.15, 0.2) is 12.4 Å². The van der Waals surface area contributed by atoms with E-state index < -0.39 is 0 Å². The second-order valence-electron chi connectivity index (χ2n) is 3.59. The Bertz CT molecular complexity index is 306. The second-order valence-corrected chi connectivity index (χ2v) is 3.59. The number of hydrogen-bond donors (Lipinski definition) is 1. The maximum absolute atomic E-state index is 5.43. The Hall–Kier alpha value is -1.36. The summed E-state index contributed by atoms with van der Waals surface area (Å²) in [5.74, 6) is 1.43. The van der Waals surface area contributed by atoms with Crippen molar-refractivity contribution in [2.75, 3.05) is 38.7 Å². The molecule has 1 rings (SSSR count). The molecular weight excluding hydrogens is 204 g/mol. The molecule has 1 N–H and O–H groups in total. The summed E-state index contributed by atoms with van der Waals surface area (Å²) < 4.78 is 5.43. The molecule has 1 aromatic heterocycles. The van der Waals surface area contributed by atoms with Crippen LogP contribution in [0.2, 0.25) is 0 Å². The lowest BCUT2D eigenvalue weighted by molar-refractivity contribution is 0.304. The van der Waals surface area contributed by atoms with E-state index in [-0.39, 0.29) is 0 Å². The Kier molecular flexibility index (Phi) is 5.56. The summed E-state index contributed by atoms with van der Waals surface area (Å²) in [4.78, 5) is 10.5. The molecule has 0 bridgehead atoms. The lowest BCUT2D eigenvalue weighted by Crippen LogP contribution is -2.27. The third kappa shape index (κ3) is 4.02. The van der Waals surface area contributed by atoms with Crippen molar-refractivity contribution in [2.24, 2.45) is 0 Å². The Morgan fingerprint density at radius 1 is 1.44 bits per heavy atom. The summed E-state index contributed by atoms with van der Waals surface area (Å²) in [7, 11) is 3.92. The summed E-state index contributed by atoms with van der Waals surface area (Å²) >= 11 is 0. The van der Waals surface area contributed by atoms with E-state index in [1.54, 1.807) is 12.4 Å². The topological polar surface area (TPSA) is 50.3 Å². The van der Waals surface area contributed by atoms with Crippen LogP contribution in [0.25, 0.3) is 0 Å². The van der Waals surface area contributed by atoms with E-state index in [4.69, 9.17) is 4.74 Å². The van der Waals surface area contributed by atoms with E-state index in [1.807, 2.05) is 19.0 Å². The Morgan fingerprint density at radius 2 is 2.25 bits per heavy atom. The average Bonchev–Trinajstić information content (AvgIpc) is 2.33. The van der Waals surface area contributed by atoms with Gasteiger partial charge in [0.1, 0.15) is 0 Å². The van der Waals surface area contributed by atoms with Crippen LogP contribution in [0.3, 0.4) is 0 Å². The highest BCUT2D eigenvalue weighted by molar-refractivity contribution is 5.36. The summed E-state index contributed by atoms with van der Waals surface area (Å²) in [5, 5.41) is 3.10. The molecule has 0 aromatic carbocycles. The molecule has 0 saturated carbocycles. The third-order valence-corrected chi connectivity index (χ3v) is 2.14. The van der Waals surface area contributed by atoms with E-state index in [0.29, 0.717) is 12.5 Å². The van der Waals surface area contributed by atoms with Gasteiger partial charge in [-0.15, -0.1) is 0 Å². The summed E-state index contributed by atoms with van der Waals surface area (Å²) in [6, 6.07) is 0. The van der Waals surface area contributed by atoms with Crippen molar-refractivity contribution < 1.29 is 4.74 Å². The molecule has 0 radical (unpaired) electrons. The third-order valence-electron chi connectivity index (χ3n) is 2.14. The van der Waals surface area contributed by atoms with Gasteiger partial charge in [-0.05, 0) is 13.5 Å². The molecule has 16 heavy (non-hydrogen) atoms. The van der Waals surface area contributed by atoms with Crippen LogP contribution in [-0.2, 0) is 0 Å². The molecule has 0 amide bonds. The Balaban J connectivity index is 2.58. The van der Waals surface area contributed by atoms with Gasteiger partial charge in [0.2, 0.25) is 5.88 Å². The van der Waals surface area contributed by atoms with Gasteiger partial charge in [0.05, 0.1) is 19.0 Å². The van der Waals surface area contributed by atoms with E-state index >= 15 is 0 Å². The van der Waals surface area contributed by atoms with Crippen molar-refractivity contribution >= 4 is 5.82 Å². The van der Waals surface area contributed by atoms with Crippen LogP contribution in [0.5, 0.6) is 5.88 Å². The molecule has 0 aliphatic rings. The molecule has 0 aliphatic carbocycles. The van der Waals surface area contributed by atoms with Gasteiger partial charge in [0.25, 0.3) is 0 Å². The van der Waals surface area contributed by atoms with Crippen molar-refractivity contribution in [2.45, 2.75) is 13.3 Å². The average molecular weight is 224 g/mol. The number of likely N-dealkylation sites (N-methyl/N-ethyl adjacent to an activating group) is 2. The first-order valence-corrected chi connectivity index (χ1v) is 5.58. The predicted molar refractivity (Wildman–Crippen MR) is 65.0 cm³/mol. The molecule has 1 heterocycles. The van der Waals surface area contributed by atoms with Crippen molar-refractivity contribution in [1.29, 1.82) is 0 Å². The minimum absolute atomic E-state index is 0.593. The number of nitrogens with zero attached hydrogens (tertiary/aromatic N) is 3. The second kappa shape index (κ2) is 7.00. The van der Waals surface area contributed by atoms with E-state index in [9.17, 15) is 0 Å². The van der Waals surface area contributed by atoms with Gasteiger partial charge in [-0.1, -0.05) is 6.92 Å². The van der Waals surface area contributed by atoms with E-state index in [0.717, 1.165) is 25.3 Å². The van der Waals surface area contributed by atoms with Crippen molar-refractivity contribution in [1.82, 2.24) is 15.3 Å². The van der Waals surface area contributed by atoms with Crippen LogP contribution in [-0.4, -0.2) is 43.8 Å². The van der Waals surface area contributed by atoms with Gasteiger partial charge >= 0.3 is 0 Å². The summed E-state index contributed by atoms with van der Waals surface area (Å²) in [6.45, 7) is 4.55. The summed E-state index contributed by atoms with van der Waals surface area (Å²) in [5.41, 5.74) is 0. The zero-order valence-corrected chi connectivity index (χ0v) is 10.2. The smallest absolute Gasteiger partial charge is 0.234 e. The van der Waals surface area contributed by atoms with Crippen LogP contribution in [0, 0.1) is 0 Å². The highest BCUT2D eigenvalue weighted by Gasteiger charge is 2.04. The number of rotatable bonds is 7. The van der Waals surface area contributed by atoms with Gasteiger partial charge in [-0.25, -0.2) is 0 Å². The molecule has 0 atom stereocenters. The zero-order chi connectivity index (χ0) is 11.8. The van der Waals surface area contributed by atoms with Gasteiger partial charge < -0.3 is 15.0 Å². The number of nitrogens with one attached hydrogen (secondary N) is 1. The minimum atomic E-state index is 0.593. The van der Waals surface area contributed by atoms with Crippen LogP contribution < -0.4 is 15.0 Å². The van der Waals surface area contributed by atoms with Gasteiger partial charge in [0.15, 0.2) is 5.82 Å². The molecule has 5 heteroatoms. The molecule has 1 aromatic rings. The lowest BCUT2D eigenvalue weighted by Gasteiger charge is -2.17. The minimum Gasteiger partial charge on any atom is -0.477 e. The molecule has 0 aliphatic heterocycles. The van der Waals surface area contributed by atoms with Gasteiger partial charge in [-0.3, -0.25) is 4.98 Å². The van der Waals surface area contributed by atoms with Crippen molar-refractivity contribution in [3.63, 3.8) is 0 Å². The van der Waals surface area contributed by atoms with Gasteiger partial charge in [0, 0.05) is 20.1 Å². The van der Waals surface area contributed by atoms with E-state index in [2.05, 4.69) is 22.2 Å². The number of aromatic nitrogens is 2. The fourth-order valence-electron chi connectivity index (χ4n) is 1.19. The highest BCUT2D eigenvalue weighted by Crippen LogP contribution is 2.12. The van der Waals surface area contributed by atoms with Crippen LogP contribution in [0.4, 0.5) is 5.82 Å². The van der Waals surface area contributed by atoms with Crippen LogP contribution >= 0.6 is 0 Å². The first-order valence-electron chi connectivity index (χ1n) is 5.58. The van der Waals surface area contributed by atoms with E-state index in [1.165, 1.54) is 0 Å². The molecule has 0 unspecified atom stereocenters. The normalized spacial score (nSPS) is 10.2.